The van der Waals surface area contributed by atoms with E-state index in [1.807, 2.05) is 18.2 Å². The fourth-order valence-corrected chi connectivity index (χ4v) is 9.09. The van der Waals surface area contributed by atoms with Crippen LogP contribution in [0.15, 0.2) is 186 Å². The van der Waals surface area contributed by atoms with Crippen molar-refractivity contribution in [2.24, 2.45) is 0 Å². The number of hydrogen-bond donors (Lipinski definition) is 0. The van der Waals surface area contributed by atoms with Crippen molar-refractivity contribution in [1.29, 1.82) is 0 Å². The molecule has 5 nitrogen and oxygen atoms in total. The van der Waals surface area contributed by atoms with E-state index in [4.69, 9.17) is 18.8 Å². The van der Waals surface area contributed by atoms with Gasteiger partial charge in [-0.05, 0) is 99.8 Å². The second kappa shape index (κ2) is 12.4. The van der Waals surface area contributed by atoms with Gasteiger partial charge in [0.1, 0.15) is 11.0 Å². The molecular weight excluding hydrogens is 687 g/mol. The second-order valence-corrected chi connectivity index (χ2v) is 14.6. The van der Waals surface area contributed by atoms with Gasteiger partial charge in [-0.15, -0.1) is 0 Å². The molecule has 0 N–H and O–H groups in total. The Kier molecular flexibility index (Phi) is 7.13. The number of rotatable bonds is 7. The van der Waals surface area contributed by atoms with Crippen LogP contribution in [0, 0.1) is 0 Å². The van der Waals surface area contributed by atoms with Crippen molar-refractivity contribution in [3.8, 4) is 22.3 Å². The molecule has 266 valence electrons. The summed E-state index contributed by atoms with van der Waals surface area (Å²) in [5, 5.41) is 0. The van der Waals surface area contributed by atoms with Gasteiger partial charge < -0.3 is 13.7 Å². The summed E-state index contributed by atoms with van der Waals surface area (Å²) < 4.78 is 12.7. The van der Waals surface area contributed by atoms with E-state index >= 15 is 0 Å². The Morgan fingerprint density at radius 3 is 1.98 bits per heavy atom. The van der Waals surface area contributed by atoms with Gasteiger partial charge >= 0.3 is 0 Å². The minimum atomic E-state index is -0.475. The number of fused-ring (bicyclic) bond motifs is 12. The predicted octanol–water partition coefficient (Wildman–Crippen LogP) is 13.3. The molecule has 0 saturated heterocycles. The zero-order valence-electron chi connectivity index (χ0n) is 30.6. The van der Waals surface area contributed by atoms with E-state index in [1.54, 1.807) is 6.08 Å². The average molecular weight is 722 g/mol. The lowest BCUT2D eigenvalue weighted by Gasteiger charge is -2.32. The monoisotopic (exact) mass is 721 g/mol. The van der Waals surface area contributed by atoms with E-state index in [1.165, 1.54) is 44.5 Å². The van der Waals surface area contributed by atoms with Crippen LogP contribution in [0.2, 0.25) is 0 Å². The Morgan fingerprint density at radius 1 is 0.643 bits per heavy atom. The Bertz CT molecular complexity index is 2980. The van der Waals surface area contributed by atoms with Gasteiger partial charge in [0, 0.05) is 34.3 Å². The molecule has 1 spiro atoms. The lowest BCUT2D eigenvalue weighted by atomic mass is 9.70. The zero-order valence-corrected chi connectivity index (χ0v) is 30.6. The molecule has 0 amide bonds. The molecule has 0 fully saturated rings. The molecule has 2 aromatic heterocycles. The summed E-state index contributed by atoms with van der Waals surface area (Å²) in [7, 11) is 0. The Hall–Kier alpha value is -7.24. The molecule has 2 heterocycles. The first-order valence-electron chi connectivity index (χ1n) is 19.0. The number of nitrogens with zero attached hydrogens (tertiary/aromatic N) is 3. The smallest absolute Gasteiger partial charge is 0.226 e. The standard InChI is InChI=1S/C51H35N3O2/c1-3-4-14-32(2)49-53-46-30-35(25-28-47(46)55-49)54(36-24-27-45-48(31-36)56-50(52-45)33-15-6-5-7-16-33)34-23-26-40-39-19-10-13-22-43(39)51(44(40)29-34)41-20-11-8-17-37(41)38-18-9-12-21-42(38)51/h3-6,8-15,17-31H,1-2,7,16H2/b14-4-. The minimum absolute atomic E-state index is 0.472. The normalized spacial score (nSPS) is 14.5. The van der Waals surface area contributed by atoms with Crippen molar-refractivity contribution in [3.05, 3.63) is 211 Å². The van der Waals surface area contributed by atoms with Gasteiger partial charge in [-0.1, -0.05) is 128 Å². The maximum absolute atomic E-state index is 6.48. The summed E-state index contributed by atoms with van der Waals surface area (Å²) in [6, 6.07) is 46.1. The van der Waals surface area contributed by atoms with Crippen LogP contribution in [0.5, 0.6) is 0 Å². The first-order chi connectivity index (χ1) is 27.6. The average Bonchev–Trinajstić information content (AvgIpc) is 4.02. The third-order valence-electron chi connectivity index (χ3n) is 11.5. The summed E-state index contributed by atoms with van der Waals surface area (Å²) in [6.45, 7) is 7.95. The van der Waals surface area contributed by atoms with Crippen molar-refractivity contribution >= 4 is 50.4 Å². The van der Waals surface area contributed by atoms with Crippen molar-refractivity contribution in [2.45, 2.75) is 18.3 Å². The number of oxazole rings is 2. The van der Waals surface area contributed by atoms with Gasteiger partial charge in [-0.2, -0.15) is 0 Å². The topological polar surface area (TPSA) is 55.3 Å². The number of benzene rings is 6. The Labute approximate surface area is 324 Å². The largest absolute Gasteiger partial charge is 0.436 e. The number of hydrogen-bond acceptors (Lipinski definition) is 5. The van der Waals surface area contributed by atoms with Gasteiger partial charge in [-0.25, -0.2) is 9.97 Å². The lowest BCUT2D eigenvalue weighted by molar-refractivity contribution is 0.580. The minimum Gasteiger partial charge on any atom is -0.436 e. The first-order valence-corrected chi connectivity index (χ1v) is 19.0. The molecule has 5 heteroatoms. The molecule has 0 atom stereocenters. The molecule has 3 aliphatic carbocycles. The van der Waals surface area contributed by atoms with E-state index in [0.717, 1.165) is 52.1 Å². The maximum atomic E-state index is 6.48. The fraction of sp³-hybridized carbons (Fsp3) is 0.0588. The molecule has 8 aromatic rings. The predicted molar refractivity (Wildman–Crippen MR) is 227 cm³/mol. The van der Waals surface area contributed by atoms with Gasteiger partial charge in [0.2, 0.25) is 11.8 Å². The van der Waals surface area contributed by atoms with Gasteiger partial charge in [0.25, 0.3) is 0 Å². The molecule has 0 radical (unpaired) electrons. The highest BCUT2D eigenvalue weighted by molar-refractivity contribution is 5.97. The molecule has 11 rings (SSSR count). The summed E-state index contributed by atoms with van der Waals surface area (Å²) in [6.07, 6.45) is 13.6. The van der Waals surface area contributed by atoms with Crippen LogP contribution in [-0.2, 0) is 5.41 Å². The highest BCUT2D eigenvalue weighted by Crippen LogP contribution is 2.63. The Morgan fingerprint density at radius 2 is 1.29 bits per heavy atom. The first kappa shape index (κ1) is 32.2. The van der Waals surface area contributed by atoms with Crippen LogP contribution in [-0.4, -0.2) is 9.97 Å². The van der Waals surface area contributed by atoms with Crippen LogP contribution in [0.1, 0.15) is 46.9 Å². The van der Waals surface area contributed by atoms with E-state index in [2.05, 4.69) is 158 Å². The highest BCUT2D eigenvalue weighted by atomic mass is 16.4. The molecule has 0 saturated carbocycles. The van der Waals surface area contributed by atoms with E-state index in [0.29, 0.717) is 22.9 Å². The van der Waals surface area contributed by atoms with Gasteiger partial charge in [0.05, 0.1) is 5.41 Å². The molecule has 0 aliphatic heterocycles. The fourth-order valence-electron chi connectivity index (χ4n) is 9.09. The van der Waals surface area contributed by atoms with E-state index in [9.17, 15) is 0 Å². The van der Waals surface area contributed by atoms with Gasteiger partial charge in [-0.3, -0.25) is 0 Å². The van der Waals surface area contributed by atoms with Crippen LogP contribution in [0.3, 0.4) is 0 Å². The zero-order chi connectivity index (χ0) is 37.4. The summed E-state index contributed by atoms with van der Waals surface area (Å²) in [5.41, 5.74) is 17.4. The van der Waals surface area contributed by atoms with Crippen LogP contribution >= 0.6 is 0 Å². The quantitative estimate of drug-likeness (QED) is 0.153. The van der Waals surface area contributed by atoms with Crippen molar-refractivity contribution in [1.82, 2.24) is 9.97 Å². The van der Waals surface area contributed by atoms with Crippen LogP contribution in [0.4, 0.5) is 17.1 Å². The number of allylic oxidation sites excluding steroid dienone is 8. The summed E-state index contributed by atoms with van der Waals surface area (Å²) in [5.74, 6) is 1.14. The van der Waals surface area contributed by atoms with Crippen LogP contribution in [0.25, 0.3) is 55.6 Å². The molecule has 3 aliphatic rings. The van der Waals surface area contributed by atoms with E-state index < -0.39 is 5.41 Å². The Balaban J connectivity index is 1.13. The van der Waals surface area contributed by atoms with Gasteiger partial charge in [0.15, 0.2) is 11.2 Å². The van der Waals surface area contributed by atoms with Crippen molar-refractivity contribution < 1.29 is 8.83 Å². The summed E-state index contributed by atoms with van der Waals surface area (Å²) >= 11 is 0. The molecule has 56 heavy (non-hydrogen) atoms. The highest BCUT2D eigenvalue weighted by Gasteiger charge is 2.51. The molecular formula is C51H35N3O2. The SMILES string of the molecule is C=C/C=C\C(=C)c1nc2cc(N(c3ccc4c(c3)C3(c5ccccc5-c5ccccc53)c3ccccc3-4)c3ccc4nc(C5=CC=CCC5)oc4c3)ccc2o1. The molecule has 6 aromatic carbocycles. The maximum Gasteiger partial charge on any atom is 0.226 e. The van der Waals surface area contributed by atoms with Crippen molar-refractivity contribution in [2.75, 3.05) is 4.90 Å². The van der Waals surface area contributed by atoms with Crippen LogP contribution < -0.4 is 4.90 Å². The summed E-state index contributed by atoms with van der Waals surface area (Å²) in [4.78, 5) is 12.1. The number of aromatic nitrogens is 2. The molecule has 0 bridgehead atoms. The lowest BCUT2D eigenvalue weighted by Crippen LogP contribution is -2.26. The third-order valence-corrected chi connectivity index (χ3v) is 11.5. The molecule has 0 unspecified atom stereocenters. The van der Waals surface area contributed by atoms with Crippen molar-refractivity contribution in [3.63, 3.8) is 0 Å². The number of anilines is 3. The third kappa shape index (κ3) is 4.67. The van der Waals surface area contributed by atoms with E-state index in [-0.39, 0.29) is 0 Å². The second-order valence-electron chi connectivity index (χ2n) is 14.6.